The van der Waals surface area contributed by atoms with Crippen LogP contribution in [0.5, 0.6) is 0 Å². The van der Waals surface area contributed by atoms with E-state index in [9.17, 15) is 15.1 Å². The molecule has 8 nitrogen and oxygen atoms in total. The molecule has 2 fully saturated rings. The van der Waals surface area contributed by atoms with E-state index in [-0.39, 0.29) is 18.8 Å². The third kappa shape index (κ3) is 6.63. The van der Waals surface area contributed by atoms with Crippen molar-refractivity contribution in [1.29, 1.82) is 0 Å². The monoisotopic (exact) mass is 420 g/mol. The van der Waals surface area contributed by atoms with E-state index in [1.165, 1.54) is 0 Å². The lowest BCUT2D eigenvalue weighted by Gasteiger charge is -2.36. The maximum absolute atomic E-state index is 11.3. The third-order valence-corrected chi connectivity index (χ3v) is 6.16. The minimum absolute atomic E-state index is 0.102. The quantitative estimate of drug-likeness (QED) is 0.374. The highest BCUT2D eigenvalue weighted by molar-refractivity contribution is 5.71. The largest absolute Gasteiger partial charge is 0.395 e. The Bertz CT molecular complexity index is 654. The van der Waals surface area contributed by atoms with Gasteiger partial charge in [-0.25, -0.2) is 0 Å². The fourth-order valence-corrected chi connectivity index (χ4v) is 4.34. The van der Waals surface area contributed by atoms with Crippen LogP contribution in [0.1, 0.15) is 38.5 Å². The van der Waals surface area contributed by atoms with Crippen molar-refractivity contribution in [2.75, 3.05) is 62.8 Å². The summed E-state index contributed by atoms with van der Waals surface area (Å²) in [7, 11) is 0. The molecule has 0 radical (unpaired) electrons. The summed E-state index contributed by atoms with van der Waals surface area (Å²) in [6.45, 7) is 5.88. The molecule has 30 heavy (non-hydrogen) atoms. The van der Waals surface area contributed by atoms with E-state index in [1.54, 1.807) is 0 Å². The zero-order valence-corrected chi connectivity index (χ0v) is 17.8. The number of nitrogens with one attached hydrogen (secondary N) is 1. The summed E-state index contributed by atoms with van der Waals surface area (Å²) < 4.78 is 5.38. The molecule has 0 spiro atoms. The lowest BCUT2D eigenvalue weighted by atomic mass is 9.99. The van der Waals surface area contributed by atoms with Gasteiger partial charge in [0.15, 0.2) is 0 Å². The number of rotatable bonds is 11. The average molecular weight is 421 g/mol. The van der Waals surface area contributed by atoms with E-state index >= 15 is 0 Å². The number of anilines is 2. The number of aliphatic hydroxyl groups excluding tert-OH is 2. The van der Waals surface area contributed by atoms with Crippen LogP contribution in [0.15, 0.2) is 23.4 Å². The first kappa shape index (κ1) is 22.9. The van der Waals surface area contributed by atoms with Crippen molar-refractivity contribution < 1.29 is 14.9 Å². The van der Waals surface area contributed by atoms with Crippen LogP contribution in [0.2, 0.25) is 0 Å². The average Bonchev–Trinajstić information content (AvgIpc) is 2.79. The maximum Gasteiger partial charge on any atom is 0.133 e. The number of benzene rings is 1. The fraction of sp³-hybridized carbons (Fsp3) is 0.727. The van der Waals surface area contributed by atoms with E-state index in [1.807, 2.05) is 18.2 Å². The molecular formula is C22H36N4O4. The Balaban J connectivity index is 1.33. The van der Waals surface area contributed by atoms with Crippen LogP contribution in [-0.4, -0.2) is 79.8 Å². The molecule has 0 aromatic heterocycles. The highest BCUT2D eigenvalue weighted by Gasteiger charge is 2.26. The number of hydrogen-bond acceptors (Lipinski definition) is 8. The van der Waals surface area contributed by atoms with Crippen LogP contribution in [-0.2, 0) is 4.74 Å². The first-order valence-electron chi connectivity index (χ1n) is 11.3. The normalized spacial score (nSPS) is 22.8. The number of ether oxygens (including phenoxy) is 1. The number of piperidine rings is 1. The molecule has 168 valence electrons. The molecule has 2 aliphatic heterocycles. The predicted octanol–water partition coefficient (Wildman–Crippen LogP) is 2.71. The molecule has 0 saturated carbocycles. The Morgan fingerprint density at radius 1 is 1.13 bits per heavy atom. The molecule has 2 saturated heterocycles. The van der Waals surface area contributed by atoms with E-state index in [0.717, 1.165) is 76.2 Å². The molecule has 2 heterocycles. The van der Waals surface area contributed by atoms with Gasteiger partial charge in [0.1, 0.15) is 5.69 Å². The van der Waals surface area contributed by atoms with Crippen molar-refractivity contribution >= 4 is 17.1 Å². The molecule has 1 aromatic rings. The number of morpholine rings is 1. The fourth-order valence-electron chi connectivity index (χ4n) is 4.34. The van der Waals surface area contributed by atoms with E-state index in [2.05, 4.69) is 20.3 Å². The van der Waals surface area contributed by atoms with Crippen molar-refractivity contribution in [2.45, 2.75) is 50.7 Å². The van der Waals surface area contributed by atoms with Gasteiger partial charge < -0.3 is 25.2 Å². The second kappa shape index (κ2) is 12.2. The van der Waals surface area contributed by atoms with E-state index < -0.39 is 0 Å². The van der Waals surface area contributed by atoms with Crippen LogP contribution in [0.25, 0.3) is 0 Å². The van der Waals surface area contributed by atoms with Gasteiger partial charge in [0.2, 0.25) is 0 Å². The van der Waals surface area contributed by atoms with Gasteiger partial charge >= 0.3 is 0 Å². The van der Waals surface area contributed by atoms with Gasteiger partial charge in [-0.2, -0.15) is 0 Å². The number of unbranched alkanes of at least 4 members (excludes halogenated alkanes) is 3. The topological polar surface area (TPSA) is 97.6 Å². The summed E-state index contributed by atoms with van der Waals surface area (Å²) >= 11 is 0. The zero-order valence-electron chi connectivity index (χ0n) is 17.8. The number of nitroso groups, excluding NO2 is 1. The van der Waals surface area contributed by atoms with E-state index in [4.69, 9.17) is 4.74 Å². The summed E-state index contributed by atoms with van der Waals surface area (Å²) in [6, 6.07) is 5.94. The summed E-state index contributed by atoms with van der Waals surface area (Å²) in [4.78, 5) is 15.8. The Labute approximate surface area is 179 Å². The lowest BCUT2D eigenvalue weighted by Crippen LogP contribution is -2.46. The predicted molar refractivity (Wildman–Crippen MR) is 120 cm³/mol. The van der Waals surface area contributed by atoms with Crippen LogP contribution < -0.4 is 10.2 Å². The summed E-state index contributed by atoms with van der Waals surface area (Å²) in [5.74, 6) is 0. The van der Waals surface area contributed by atoms with Gasteiger partial charge in [-0.05, 0) is 55.6 Å². The van der Waals surface area contributed by atoms with Crippen molar-refractivity contribution in [3.63, 3.8) is 0 Å². The number of hydrogen-bond donors (Lipinski definition) is 3. The molecule has 3 rings (SSSR count). The molecule has 0 amide bonds. The molecule has 2 aliphatic rings. The first-order chi connectivity index (χ1) is 14.7. The molecule has 1 aromatic carbocycles. The molecule has 0 bridgehead atoms. The smallest absolute Gasteiger partial charge is 0.133 e. The number of likely N-dealkylation sites (tertiary alicyclic amines) is 1. The third-order valence-electron chi connectivity index (χ3n) is 6.16. The summed E-state index contributed by atoms with van der Waals surface area (Å²) in [5, 5.41) is 25.8. The molecule has 0 unspecified atom stereocenters. The Morgan fingerprint density at radius 3 is 2.70 bits per heavy atom. The SMILES string of the molecule is O=Nc1cc(N2CCOCC2)ccc1NCCCCCCN1CC[C@@H](O)C[C@H]1CO. The van der Waals surface area contributed by atoms with Crippen LogP contribution in [0.3, 0.4) is 0 Å². The molecule has 0 aliphatic carbocycles. The van der Waals surface area contributed by atoms with Gasteiger partial charge in [0, 0.05) is 37.9 Å². The van der Waals surface area contributed by atoms with Crippen LogP contribution in [0.4, 0.5) is 17.1 Å². The minimum atomic E-state index is -0.266. The van der Waals surface area contributed by atoms with Crippen molar-refractivity contribution in [3.8, 4) is 0 Å². The Kier molecular flexibility index (Phi) is 9.32. The minimum Gasteiger partial charge on any atom is -0.395 e. The zero-order chi connectivity index (χ0) is 21.2. The van der Waals surface area contributed by atoms with Crippen molar-refractivity contribution in [3.05, 3.63) is 23.1 Å². The van der Waals surface area contributed by atoms with Gasteiger partial charge in [0.05, 0.1) is 31.6 Å². The lowest BCUT2D eigenvalue weighted by molar-refractivity contribution is 0.0163. The Hall–Kier alpha value is -1.74. The standard InChI is InChI=1S/C22H36N4O4/c27-17-19-15-20(28)7-10-25(19)9-4-2-1-3-8-23-21-6-5-18(16-22(21)24-29)26-11-13-30-14-12-26/h5-6,16,19-20,23,27-28H,1-4,7-15,17H2/t19-,20+/m0/s1. The number of nitrogens with zero attached hydrogens (tertiary/aromatic N) is 3. The van der Waals surface area contributed by atoms with Crippen LogP contribution in [0, 0.1) is 4.91 Å². The van der Waals surface area contributed by atoms with Gasteiger partial charge in [-0.3, -0.25) is 4.90 Å². The Morgan fingerprint density at radius 2 is 1.93 bits per heavy atom. The highest BCUT2D eigenvalue weighted by atomic mass is 16.5. The molecule has 2 atom stereocenters. The molecular weight excluding hydrogens is 384 g/mol. The van der Waals surface area contributed by atoms with Crippen molar-refractivity contribution in [1.82, 2.24) is 4.90 Å². The van der Waals surface area contributed by atoms with Crippen LogP contribution >= 0.6 is 0 Å². The van der Waals surface area contributed by atoms with Crippen molar-refractivity contribution in [2.24, 2.45) is 5.18 Å². The van der Waals surface area contributed by atoms with Gasteiger partial charge in [-0.1, -0.05) is 12.8 Å². The maximum atomic E-state index is 11.3. The summed E-state index contributed by atoms with van der Waals surface area (Å²) in [5.41, 5.74) is 2.27. The second-order valence-corrected chi connectivity index (χ2v) is 8.28. The van der Waals surface area contributed by atoms with Gasteiger partial charge in [0.25, 0.3) is 0 Å². The number of aliphatic hydroxyl groups is 2. The highest BCUT2D eigenvalue weighted by Crippen LogP contribution is 2.30. The molecule has 8 heteroatoms. The van der Waals surface area contributed by atoms with Gasteiger partial charge in [-0.15, -0.1) is 4.91 Å². The summed E-state index contributed by atoms with van der Waals surface area (Å²) in [6.07, 6.45) is 5.60. The second-order valence-electron chi connectivity index (χ2n) is 8.28. The molecule has 3 N–H and O–H groups in total. The van der Waals surface area contributed by atoms with E-state index in [0.29, 0.717) is 25.3 Å². The first-order valence-corrected chi connectivity index (χ1v) is 11.3.